The van der Waals surface area contributed by atoms with E-state index >= 15 is 0 Å². The molecule has 1 heterocycles. The van der Waals surface area contributed by atoms with E-state index in [0.717, 1.165) is 5.57 Å². The van der Waals surface area contributed by atoms with Gasteiger partial charge in [0.05, 0.1) is 0 Å². The fourth-order valence-electron chi connectivity index (χ4n) is 0.711. The number of hydrogen-bond donors (Lipinski definition) is 0. The van der Waals surface area contributed by atoms with Gasteiger partial charge in [-0.2, -0.15) is 4.98 Å². The van der Waals surface area contributed by atoms with E-state index in [1.165, 1.54) is 0 Å². The molecule has 0 saturated heterocycles. The fraction of sp³-hybridized carbons (Fsp3) is 0.250. The summed E-state index contributed by atoms with van der Waals surface area (Å²) in [5.41, 5.74) is 0.955. The van der Waals surface area contributed by atoms with Crippen LogP contribution in [0.3, 0.4) is 0 Å². The molecule has 0 radical (unpaired) electrons. The van der Waals surface area contributed by atoms with Crippen LogP contribution in [0.5, 0.6) is 0 Å². The Labute approximate surface area is 65.4 Å². The highest BCUT2D eigenvalue weighted by atomic mass is 16.5. The maximum Gasteiger partial charge on any atom is 0.223 e. The molecule has 0 bridgehead atoms. The van der Waals surface area contributed by atoms with Gasteiger partial charge in [-0.15, -0.1) is 0 Å². The summed E-state index contributed by atoms with van der Waals surface area (Å²) < 4.78 is 4.80. The Kier molecular flexibility index (Phi) is 2.21. The standard InChI is InChI=1S/C8H10N2O/c1-4-5-6(2)8-9-7(3)11-10-8/h4-5H,1H2,2-3H3. The van der Waals surface area contributed by atoms with Crippen LogP contribution < -0.4 is 0 Å². The van der Waals surface area contributed by atoms with E-state index in [1.807, 2.05) is 13.0 Å². The van der Waals surface area contributed by atoms with E-state index in [4.69, 9.17) is 4.52 Å². The van der Waals surface area contributed by atoms with Crippen LogP contribution in [0.1, 0.15) is 18.6 Å². The molecule has 0 atom stereocenters. The zero-order valence-electron chi connectivity index (χ0n) is 6.66. The smallest absolute Gasteiger partial charge is 0.223 e. The zero-order valence-corrected chi connectivity index (χ0v) is 6.66. The molecule has 0 aliphatic rings. The van der Waals surface area contributed by atoms with Crippen molar-refractivity contribution in [2.45, 2.75) is 13.8 Å². The molecule has 0 fully saturated rings. The number of aromatic nitrogens is 2. The molecule has 0 unspecified atom stereocenters. The molecule has 1 aromatic rings. The lowest BCUT2D eigenvalue weighted by atomic mass is 10.3. The van der Waals surface area contributed by atoms with Crippen molar-refractivity contribution in [2.24, 2.45) is 0 Å². The molecule has 0 aromatic carbocycles. The van der Waals surface area contributed by atoms with Crippen molar-refractivity contribution in [2.75, 3.05) is 0 Å². The highest BCUT2D eigenvalue weighted by Crippen LogP contribution is 2.08. The molecule has 0 spiro atoms. The summed E-state index contributed by atoms with van der Waals surface area (Å²) >= 11 is 0. The van der Waals surface area contributed by atoms with Crippen molar-refractivity contribution < 1.29 is 4.52 Å². The summed E-state index contributed by atoms with van der Waals surface area (Å²) in [5.74, 6) is 1.21. The molecule has 3 nitrogen and oxygen atoms in total. The molecule has 0 amide bonds. The number of hydrogen-bond acceptors (Lipinski definition) is 3. The quantitative estimate of drug-likeness (QED) is 0.605. The van der Waals surface area contributed by atoms with Gasteiger partial charge < -0.3 is 4.52 Å². The third-order valence-electron chi connectivity index (χ3n) is 1.25. The van der Waals surface area contributed by atoms with Gasteiger partial charge in [-0.05, 0) is 12.5 Å². The Balaban J connectivity index is 2.93. The van der Waals surface area contributed by atoms with Gasteiger partial charge in [0, 0.05) is 6.92 Å². The minimum absolute atomic E-state index is 0.580. The van der Waals surface area contributed by atoms with Crippen LogP contribution >= 0.6 is 0 Å². The maximum absolute atomic E-state index is 4.80. The number of aryl methyl sites for hydroxylation is 1. The summed E-state index contributed by atoms with van der Waals surface area (Å²) in [6.45, 7) is 7.24. The van der Waals surface area contributed by atoms with E-state index in [2.05, 4.69) is 16.7 Å². The Bertz CT molecular complexity index is 286. The van der Waals surface area contributed by atoms with Crippen molar-refractivity contribution in [3.63, 3.8) is 0 Å². The van der Waals surface area contributed by atoms with Gasteiger partial charge in [0.15, 0.2) is 5.82 Å². The minimum atomic E-state index is 0.580. The normalized spacial score (nSPS) is 11.6. The van der Waals surface area contributed by atoms with Crippen LogP contribution in [0.25, 0.3) is 5.57 Å². The third kappa shape index (κ3) is 1.77. The Morgan fingerprint density at radius 3 is 2.82 bits per heavy atom. The van der Waals surface area contributed by atoms with Crippen LogP contribution in [0.15, 0.2) is 23.3 Å². The summed E-state index contributed by atoms with van der Waals surface area (Å²) in [6.07, 6.45) is 3.53. The Hall–Kier alpha value is -1.38. The van der Waals surface area contributed by atoms with E-state index in [1.54, 1.807) is 13.0 Å². The van der Waals surface area contributed by atoms with Gasteiger partial charge in [-0.1, -0.05) is 23.9 Å². The number of nitrogens with zero attached hydrogens (tertiary/aromatic N) is 2. The van der Waals surface area contributed by atoms with Crippen molar-refractivity contribution in [3.05, 3.63) is 30.4 Å². The molecule has 0 aliphatic carbocycles. The molecule has 0 aliphatic heterocycles. The van der Waals surface area contributed by atoms with Crippen LogP contribution in [-0.2, 0) is 0 Å². The molecule has 0 N–H and O–H groups in total. The van der Waals surface area contributed by atoms with Crippen molar-refractivity contribution in [1.82, 2.24) is 10.1 Å². The lowest BCUT2D eigenvalue weighted by Crippen LogP contribution is -1.81. The van der Waals surface area contributed by atoms with Gasteiger partial charge >= 0.3 is 0 Å². The molecule has 58 valence electrons. The Morgan fingerprint density at radius 1 is 1.64 bits per heavy atom. The second kappa shape index (κ2) is 3.14. The molecule has 11 heavy (non-hydrogen) atoms. The van der Waals surface area contributed by atoms with E-state index in [0.29, 0.717) is 11.7 Å². The summed E-state index contributed by atoms with van der Waals surface area (Å²) in [5, 5.41) is 3.73. The average Bonchev–Trinajstić information content (AvgIpc) is 2.36. The van der Waals surface area contributed by atoms with Gasteiger partial charge in [0.2, 0.25) is 5.89 Å². The topological polar surface area (TPSA) is 38.9 Å². The predicted molar refractivity (Wildman–Crippen MR) is 42.9 cm³/mol. The molecule has 3 heteroatoms. The molecule has 0 saturated carbocycles. The monoisotopic (exact) mass is 150 g/mol. The van der Waals surface area contributed by atoms with Gasteiger partial charge in [0.1, 0.15) is 0 Å². The minimum Gasteiger partial charge on any atom is -0.339 e. The average molecular weight is 150 g/mol. The van der Waals surface area contributed by atoms with E-state index in [-0.39, 0.29) is 0 Å². The van der Waals surface area contributed by atoms with Gasteiger partial charge in [-0.25, -0.2) is 0 Å². The van der Waals surface area contributed by atoms with Crippen LogP contribution in [-0.4, -0.2) is 10.1 Å². The maximum atomic E-state index is 4.80. The van der Waals surface area contributed by atoms with Gasteiger partial charge in [-0.3, -0.25) is 0 Å². The number of rotatable bonds is 2. The first-order valence-electron chi connectivity index (χ1n) is 3.34. The lowest BCUT2D eigenvalue weighted by Gasteiger charge is -1.86. The third-order valence-corrected chi connectivity index (χ3v) is 1.25. The fourth-order valence-corrected chi connectivity index (χ4v) is 0.711. The first-order chi connectivity index (χ1) is 5.24. The van der Waals surface area contributed by atoms with Gasteiger partial charge in [0.25, 0.3) is 0 Å². The largest absolute Gasteiger partial charge is 0.339 e. The molecular weight excluding hydrogens is 140 g/mol. The first kappa shape index (κ1) is 7.72. The van der Waals surface area contributed by atoms with Crippen LogP contribution in [0.2, 0.25) is 0 Å². The van der Waals surface area contributed by atoms with Crippen LogP contribution in [0.4, 0.5) is 0 Å². The highest BCUT2D eigenvalue weighted by Gasteiger charge is 2.01. The molecule has 1 rings (SSSR count). The summed E-state index contributed by atoms with van der Waals surface area (Å²) in [4.78, 5) is 4.04. The summed E-state index contributed by atoms with van der Waals surface area (Å²) in [6, 6.07) is 0. The van der Waals surface area contributed by atoms with Crippen LogP contribution in [0, 0.1) is 6.92 Å². The second-order valence-corrected chi connectivity index (χ2v) is 2.22. The van der Waals surface area contributed by atoms with Crippen molar-refractivity contribution >= 4 is 5.57 Å². The van der Waals surface area contributed by atoms with E-state index < -0.39 is 0 Å². The summed E-state index contributed by atoms with van der Waals surface area (Å²) in [7, 11) is 0. The highest BCUT2D eigenvalue weighted by molar-refractivity contribution is 5.58. The first-order valence-corrected chi connectivity index (χ1v) is 3.34. The second-order valence-electron chi connectivity index (χ2n) is 2.22. The number of allylic oxidation sites excluding steroid dienone is 3. The van der Waals surface area contributed by atoms with Crippen molar-refractivity contribution in [1.29, 1.82) is 0 Å². The Morgan fingerprint density at radius 2 is 2.36 bits per heavy atom. The van der Waals surface area contributed by atoms with Crippen molar-refractivity contribution in [3.8, 4) is 0 Å². The SMILES string of the molecule is C=CC=C(C)c1noc(C)n1. The predicted octanol–water partition coefficient (Wildman–Crippen LogP) is 1.97. The molecule has 1 aromatic heterocycles. The molecular formula is C8H10N2O. The lowest BCUT2D eigenvalue weighted by molar-refractivity contribution is 0.391. The van der Waals surface area contributed by atoms with E-state index in [9.17, 15) is 0 Å². The zero-order chi connectivity index (χ0) is 8.27.